The van der Waals surface area contributed by atoms with Gasteiger partial charge in [0.15, 0.2) is 0 Å². The Bertz CT molecular complexity index is 368. The van der Waals surface area contributed by atoms with E-state index in [1.54, 1.807) is 20.9 Å². The van der Waals surface area contributed by atoms with Gasteiger partial charge in [0.25, 0.3) is 5.91 Å². The van der Waals surface area contributed by atoms with E-state index in [-0.39, 0.29) is 17.5 Å². The third kappa shape index (κ3) is 5.55. The molecule has 0 unspecified atom stereocenters. The van der Waals surface area contributed by atoms with Crippen LogP contribution in [0.4, 0.5) is 0 Å². The van der Waals surface area contributed by atoms with Gasteiger partial charge in [0.05, 0.1) is 0 Å². The van der Waals surface area contributed by atoms with Crippen LogP contribution in [0.2, 0.25) is 0 Å². The van der Waals surface area contributed by atoms with Crippen molar-refractivity contribution in [2.75, 3.05) is 7.05 Å². The van der Waals surface area contributed by atoms with Crippen LogP contribution in [0.1, 0.15) is 34.6 Å². The molecule has 0 heterocycles. The molecule has 0 aromatic rings. The Balaban J connectivity index is 4.96. The number of hydrogen-bond donors (Lipinski definition) is 3. The highest BCUT2D eigenvalue weighted by atomic mass is 32.2. The van der Waals surface area contributed by atoms with Gasteiger partial charge in [-0.2, -0.15) is 4.99 Å². The maximum Gasteiger partial charge on any atom is 0.264 e. The lowest BCUT2D eigenvalue weighted by atomic mass is 9.93. The summed E-state index contributed by atoms with van der Waals surface area (Å²) in [5.74, 6) is -0.245. The number of amides is 1. The van der Waals surface area contributed by atoms with Gasteiger partial charge in [-0.25, -0.2) is 0 Å². The van der Waals surface area contributed by atoms with Crippen LogP contribution in [-0.4, -0.2) is 28.6 Å². The van der Waals surface area contributed by atoms with Crippen molar-refractivity contribution >= 4 is 23.7 Å². The molecule has 4 N–H and O–H groups in total. The molecule has 18 heavy (non-hydrogen) atoms. The number of allylic oxidation sites excluding steroid dienone is 1. The Morgan fingerprint density at radius 1 is 1.33 bits per heavy atom. The number of amidine groups is 1. The second-order valence-electron chi connectivity index (χ2n) is 5.44. The average molecular weight is 273 g/mol. The molecule has 0 saturated heterocycles. The summed E-state index contributed by atoms with van der Waals surface area (Å²) in [6.45, 7) is 9.03. The zero-order valence-corrected chi connectivity index (χ0v) is 12.7. The fourth-order valence-electron chi connectivity index (χ4n) is 0.940. The summed E-state index contributed by atoms with van der Waals surface area (Å²) < 4.78 is 2.14. The fourth-order valence-corrected chi connectivity index (χ4v) is 1.58. The van der Waals surface area contributed by atoms with Gasteiger partial charge in [0, 0.05) is 11.5 Å². The van der Waals surface area contributed by atoms with Crippen LogP contribution < -0.4 is 10.5 Å². The molecule has 0 bridgehead atoms. The van der Waals surface area contributed by atoms with E-state index in [0.29, 0.717) is 0 Å². The third-order valence-corrected chi connectivity index (χ3v) is 3.04. The Labute approximate surface area is 113 Å². The second-order valence-corrected chi connectivity index (χ2v) is 7.07. The van der Waals surface area contributed by atoms with Gasteiger partial charge >= 0.3 is 0 Å². The fraction of sp³-hybridized carbons (Fsp3) is 0.667. The maximum absolute atomic E-state index is 11.9. The maximum atomic E-state index is 11.9. The van der Waals surface area contributed by atoms with Gasteiger partial charge < -0.3 is 10.8 Å². The third-order valence-electron chi connectivity index (χ3n) is 2.16. The van der Waals surface area contributed by atoms with E-state index < -0.39 is 10.2 Å². The predicted octanol–water partition coefficient (Wildman–Crippen LogP) is 2.00. The van der Waals surface area contributed by atoms with Crippen molar-refractivity contribution in [1.82, 2.24) is 4.72 Å². The molecule has 0 saturated carbocycles. The first-order chi connectivity index (χ1) is 8.00. The zero-order valence-electron chi connectivity index (χ0n) is 11.9. The number of nitrogens with one attached hydrogen (secondary N) is 1. The van der Waals surface area contributed by atoms with Gasteiger partial charge in [0.1, 0.15) is 16.3 Å². The normalized spacial score (nSPS) is 14.8. The average Bonchev–Trinajstić information content (AvgIpc) is 2.15. The van der Waals surface area contributed by atoms with E-state index >= 15 is 0 Å². The van der Waals surface area contributed by atoms with Crippen LogP contribution in [0, 0.1) is 5.41 Å². The van der Waals surface area contributed by atoms with E-state index in [2.05, 4.69) is 9.71 Å². The lowest BCUT2D eigenvalue weighted by Crippen LogP contribution is -2.31. The lowest BCUT2D eigenvalue weighted by Gasteiger charge is -2.19. The summed E-state index contributed by atoms with van der Waals surface area (Å²) in [6, 6.07) is 0. The second kappa shape index (κ2) is 6.24. The molecule has 0 atom stereocenters. The number of carbonyl (C=O) groups is 1. The Morgan fingerprint density at radius 2 is 1.83 bits per heavy atom. The van der Waals surface area contributed by atoms with Gasteiger partial charge in [-0.1, -0.05) is 32.7 Å². The smallest absolute Gasteiger partial charge is 0.264 e. The van der Waals surface area contributed by atoms with Crippen molar-refractivity contribution in [3.05, 3.63) is 11.8 Å². The summed E-state index contributed by atoms with van der Waals surface area (Å²) in [5.41, 5.74) is 5.21. The summed E-state index contributed by atoms with van der Waals surface area (Å²) in [7, 11) is 1.73. The SMILES string of the molecule is CNSC(C)(C)C(=O)N=C(N)/C=C(\O)C(C)(C)C. The molecule has 104 valence electrons. The zero-order chi connectivity index (χ0) is 14.6. The summed E-state index contributed by atoms with van der Waals surface area (Å²) in [5, 5.41) is 9.75. The first-order valence-corrected chi connectivity index (χ1v) is 6.47. The lowest BCUT2D eigenvalue weighted by molar-refractivity contribution is -0.119. The minimum atomic E-state index is -0.704. The van der Waals surface area contributed by atoms with Crippen LogP contribution in [0.15, 0.2) is 16.8 Å². The number of hydrogen-bond acceptors (Lipinski definition) is 4. The standard InChI is InChI=1S/C12H23N3O2S/c1-11(2,3)8(16)7-9(13)15-10(17)12(4,5)18-14-6/h7,14,16H,1-6H3,(H2,13,15,17)/b8-7-. The number of aliphatic imine (C=N–C) groups is 1. The molecule has 0 aliphatic rings. The van der Waals surface area contributed by atoms with E-state index in [1.807, 2.05) is 20.8 Å². The number of nitrogens with two attached hydrogens (primary N) is 1. The number of nitrogens with zero attached hydrogens (tertiary/aromatic N) is 1. The quantitative estimate of drug-likeness (QED) is 0.315. The summed E-state index contributed by atoms with van der Waals surface area (Å²) in [4.78, 5) is 15.6. The highest BCUT2D eigenvalue weighted by molar-refractivity contribution is 7.99. The predicted molar refractivity (Wildman–Crippen MR) is 77.5 cm³/mol. The molecule has 6 heteroatoms. The molecule has 0 aromatic heterocycles. The molecule has 1 amide bonds. The molecule has 0 aliphatic heterocycles. The first-order valence-electron chi connectivity index (χ1n) is 5.65. The van der Waals surface area contributed by atoms with E-state index in [0.717, 1.165) is 0 Å². The molecular weight excluding hydrogens is 250 g/mol. The van der Waals surface area contributed by atoms with Crippen molar-refractivity contribution in [1.29, 1.82) is 0 Å². The number of aliphatic hydroxyl groups is 1. The molecule has 0 fully saturated rings. The first kappa shape index (κ1) is 17.0. The molecule has 5 nitrogen and oxygen atoms in total. The Morgan fingerprint density at radius 3 is 2.22 bits per heavy atom. The summed E-state index contributed by atoms with van der Waals surface area (Å²) in [6.07, 6.45) is 1.32. The largest absolute Gasteiger partial charge is 0.512 e. The molecule has 0 aromatic carbocycles. The Kier molecular flexibility index (Phi) is 5.89. The van der Waals surface area contributed by atoms with Crippen molar-refractivity contribution < 1.29 is 9.90 Å². The van der Waals surface area contributed by atoms with Crippen LogP contribution >= 0.6 is 11.9 Å². The molecular formula is C12H23N3O2S. The minimum absolute atomic E-state index is 0.0113. The number of carbonyl (C=O) groups excluding carboxylic acids is 1. The number of aliphatic hydroxyl groups excluding tert-OH is 1. The van der Waals surface area contributed by atoms with Gasteiger partial charge in [0.2, 0.25) is 0 Å². The number of rotatable bonds is 4. The van der Waals surface area contributed by atoms with Gasteiger partial charge in [-0.3, -0.25) is 9.52 Å². The molecule has 0 aliphatic carbocycles. The van der Waals surface area contributed by atoms with Gasteiger partial charge in [-0.05, 0) is 20.9 Å². The van der Waals surface area contributed by atoms with Crippen LogP contribution in [0.3, 0.4) is 0 Å². The van der Waals surface area contributed by atoms with Crippen molar-refractivity contribution in [3.8, 4) is 0 Å². The van der Waals surface area contributed by atoms with E-state index in [9.17, 15) is 9.90 Å². The van der Waals surface area contributed by atoms with Crippen molar-refractivity contribution in [3.63, 3.8) is 0 Å². The van der Waals surface area contributed by atoms with Crippen molar-refractivity contribution in [2.45, 2.75) is 39.4 Å². The monoisotopic (exact) mass is 273 g/mol. The Hall–Kier alpha value is -1.01. The van der Waals surface area contributed by atoms with E-state index in [1.165, 1.54) is 18.0 Å². The van der Waals surface area contributed by atoms with Crippen LogP contribution in [0.5, 0.6) is 0 Å². The van der Waals surface area contributed by atoms with Crippen LogP contribution in [0.25, 0.3) is 0 Å². The van der Waals surface area contributed by atoms with Gasteiger partial charge in [-0.15, -0.1) is 0 Å². The van der Waals surface area contributed by atoms with Crippen LogP contribution in [-0.2, 0) is 4.79 Å². The van der Waals surface area contributed by atoms with Crippen molar-refractivity contribution in [2.24, 2.45) is 16.1 Å². The summed E-state index contributed by atoms with van der Waals surface area (Å²) >= 11 is 1.26. The molecule has 0 radical (unpaired) electrons. The minimum Gasteiger partial charge on any atom is -0.512 e. The molecule has 0 spiro atoms. The highest BCUT2D eigenvalue weighted by Crippen LogP contribution is 2.23. The topological polar surface area (TPSA) is 87.7 Å². The highest BCUT2D eigenvalue weighted by Gasteiger charge is 2.28. The van der Waals surface area contributed by atoms with E-state index in [4.69, 9.17) is 5.73 Å². The molecule has 0 rings (SSSR count).